The Labute approximate surface area is 96.9 Å². The zero-order valence-corrected chi connectivity index (χ0v) is 10.1. The van der Waals surface area contributed by atoms with Crippen molar-refractivity contribution < 1.29 is 14.3 Å². The molecule has 0 spiro atoms. The van der Waals surface area contributed by atoms with Crippen molar-refractivity contribution >= 4 is 5.91 Å². The molecular formula is C10H23N3O3. The zero-order valence-electron chi connectivity index (χ0n) is 10.1. The maximum absolute atomic E-state index is 10.8. The molecule has 0 rings (SSSR count). The van der Waals surface area contributed by atoms with Gasteiger partial charge in [-0.1, -0.05) is 0 Å². The van der Waals surface area contributed by atoms with Crippen LogP contribution in [0, 0.1) is 0 Å². The minimum Gasteiger partial charge on any atom is -0.383 e. The zero-order chi connectivity index (χ0) is 12.4. The number of nitrogens with two attached hydrogens (primary N) is 2. The van der Waals surface area contributed by atoms with Crippen LogP contribution in [0.1, 0.15) is 6.42 Å². The summed E-state index contributed by atoms with van der Waals surface area (Å²) in [5, 5.41) is 0. The van der Waals surface area contributed by atoms with Gasteiger partial charge in [-0.15, -0.1) is 0 Å². The Hall–Kier alpha value is -0.690. The Bertz CT molecular complexity index is 182. The summed E-state index contributed by atoms with van der Waals surface area (Å²) < 4.78 is 10.0. The minimum atomic E-state index is -0.576. The van der Waals surface area contributed by atoms with Gasteiger partial charge < -0.3 is 20.9 Å². The van der Waals surface area contributed by atoms with Gasteiger partial charge in [0.1, 0.15) is 0 Å². The van der Waals surface area contributed by atoms with E-state index in [0.29, 0.717) is 19.6 Å². The third kappa shape index (κ3) is 7.58. The van der Waals surface area contributed by atoms with Gasteiger partial charge >= 0.3 is 0 Å². The molecule has 6 nitrogen and oxygen atoms in total. The summed E-state index contributed by atoms with van der Waals surface area (Å²) >= 11 is 0. The predicted molar refractivity (Wildman–Crippen MR) is 62.0 cm³/mol. The van der Waals surface area contributed by atoms with Gasteiger partial charge in [0, 0.05) is 33.9 Å². The van der Waals surface area contributed by atoms with E-state index in [1.807, 2.05) is 0 Å². The van der Waals surface area contributed by atoms with Gasteiger partial charge in [-0.3, -0.25) is 9.69 Å². The average molecular weight is 233 g/mol. The maximum Gasteiger partial charge on any atom is 0.234 e. The van der Waals surface area contributed by atoms with Crippen LogP contribution in [-0.2, 0) is 14.3 Å². The monoisotopic (exact) mass is 233 g/mol. The summed E-state index contributed by atoms with van der Waals surface area (Å²) in [5.41, 5.74) is 10.6. The molecule has 0 aliphatic heterocycles. The summed E-state index contributed by atoms with van der Waals surface area (Å²) in [5.74, 6) is -0.460. The first-order valence-corrected chi connectivity index (χ1v) is 5.37. The quantitative estimate of drug-likeness (QED) is 0.494. The number of amides is 1. The van der Waals surface area contributed by atoms with E-state index in [1.165, 1.54) is 0 Å². The molecule has 0 aromatic heterocycles. The van der Waals surface area contributed by atoms with Crippen LogP contribution in [0.4, 0.5) is 0 Å². The molecule has 16 heavy (non-hydrogen) atoms. The summed E-state index contributed by atoms with van der Waals surface area (Å²) in [6, 6.07) is -0.576. The first kappa shape index (κ1) is 15.3. The molecule has 0 saturated heterocycles. The lowest BCUT2D eigenvalue weighted by molar-refractivity contribution is -0.119. The third-order valence-electron chi connectivity index (χ3n) is 2.35. The van der Waals surface area contributed by atoms with E-state index in [4.69, 9.17) is 20.9 Å². The number of nitrogens with zero attached hydrogens (tertiary/aromatic N) is 1. The third-order valence-corrected chi connectivity index (χ3v) is 2.35. The lowest BCUT2D eigenvalue weighted by atomic mass is 10.2. The Balaban J connectivity index is 3.84. The van der Waals surface area contributed by atoms with Crippen molar-refractivity contribution in [2.45, 2.75) is 12.5 Å². The van der Waals surface area contributed by atoms with Crippen molar-refractivity contribution in [3.8, 4) is 0 Å². The summed E-state index contributed by atoms with van der Waals surface area (Å²) in [6.45, 7) is 3.61. The molecule has 0 aromatic carbocycles. The second-order valence-corrected chi connectivity index (χ2v) is 3.62. The van der Waals surface area contributed by atoms with Gasteiger partial charge in [0.05, 0.1) is 19.3 Å². The lowest BCUT2D eigenvalue weighted by Gasteiger charge is -2.22. The number of carbonyl (C=O) groups is 1. The van der Waals surface area contributed by atoms with Crippen molar-refractivity contribution in [1.29, 1.82) is 0 Å². The largest absolute Gasteiger partial charge is 0.383 e. The second-order valence-electron chi connectivity index (χ2n) is 3.62. The SMILES string of the molecule is COCCN(CCOC)CCC(N)C(N)=O. The predicted octanol–water partition coefficient (Wildman–Crippen LogP) is -1.22. The molecule has 1 atom stereocenters. The summed E-state index contributed by atoms with van der Waals surface area (Å²) in [6.07, 6.45) is 0.558. The number of hydrogen-bond donors (Lipinski definition) is 2. The molecule has 0 aliphatic rings. The van der Waals surface area contributed by atoms with Crippen molar-refractivity contribution in [3.05, 3.63) is 0 Å². The second kappa shape index (κ2) is 9.53. The molecule has 6 heteroatoms. The van der Waals surface area contributed by atoms with Crippen molar-refractivity contribution in [1.82, 2.24) is 4.90 Å². The van der Waals surface area contributed by atoms with Crippen LogP contribution in [0.5, 0.6) is 0 Å². The van der Waals surface area contributed by atoms with E-state index in [2.05, 4.69) is 4.90 Å². The number of hydrogen-bond acceptors (Lipinski definition) is 5. The minimum absolute atomic E-state index is 0.460. The molecule has 96 valence electrons. The molecule has 0 heterocycles. The molecule has 0 radical (unpaired) electrons. The van der Waals surface area contributed by atoms with Gasteiger partial charge in [0.15, 0.2) is 0 Å². The van der Waals surface area contributed by atoms with Crippen LogP contribution in [0.15, 0.2) is 0 Å². The van der Waals surface area contributed by atoms with E-state index in [-0.39, 0.29) is 0 Å². The van der Waals surface area contributed by atoms with Crippen molar-refractivity contribution in [2.24, 2.45) is 11.5 Å². The molecule has 0 aliphatic carbocycles. The Kier molecular flexibility index (Phi) is 9.12. The van der Waals surface area contributed by atoms with Crippen LogP contribution in [0.3, 0.4) is 0 Å². The fraction of sp³-hybridized carbons (Fsp3) is 0.900. The van der Waals surface area contributed by atoms with E-state index in [1.54, 1.807) is 14.2 Å². The van der Waals surface area contributed by atoms with Gasteiger partial charge in [0.25, 0.3) is 0 Å². The fourth-order valence-corrected chi connectivity index (χ4v) is 1.24. The Morgan fingerprint density at radius 2 is 1.69 bits per heavy atom. The van der Waals surface area contributed by atoms with Crippen LogP contribution in [-0.4, -0.2) is 63.9 Å². The van der Waals surface area contributed by atoms with E-state index in [0.717, 1.165) is 19.6 Å². The topological polar surface area (TPSA) is 90.8 Å². The maximum atomic E-state index is 10.8. The smallest absolute Gasteiger partial charge is 0.234 e. The number of rotatable bonds is 10. The highest BCUT2D eigenvalue weighted by Crippen LogP contribution is 1.95. The van der Waals surface area contributed by atoms with Crippen LogP contribution < -0.4 is 11.5 Å². The Morgan fingerprint density at radius 1 is 1.19 bits per heavy atom. The van der Waals surface area contributed by atoms with Gasteiger partial charge in [-0.05, 0) is 6.42 Å². The molecule has 0 bridgehead atoms. The normalized spacial score (nSPS) is 13.0. The first-order valence-electron chi connectivity index (χ1n) is 5.37. The standard InChI is InChI=1S/C10H23N3O3/c1-15-7-5-13(6-8-16-2)4-3-9(11)10(12)14/h9H,3-8,11H2,1-2H3,(H2,12,14). The van der Waals surface area contributed by atoms with Crippen molar-refractivity contribution in [2.75, 3.05) is 47.1 Å². The van der Waals surface area contributed by atoms with Crippen LogP contribution in [0.25, 0.3) is 0 Å². The number of ether oxygens (including phenoxy) is 2. The summed E-state index contributed by atoms with van der Waals surface area (Å²) in [7, 11) is 3.31. The average Bonchev–Trinajstić information content (AvgIpc) is 2.27. The lowest BCUT2D eigenvalue weighted by Crippen LogP contribution is -2.41. The molecule has 1 amide bonds. The summed E-state index contributed by atoms with van der Waals surface area (Å²) in [4.78, 5) is 12.9. The molecule has 4 N–H and O–H groups in total. The highest BCUT2D eigenvalue weighted by Gasteiger charge is 2.11. The Morgan fingerprint density at radius 3 is 2.06 bits per heavy atom. The fourth-order valence-electron chi connectivity index (χ4n) is 1.24. The van der Waals surface area contributed by atoms with E-state index in [9.17, 15) is 4.79 Å². The number of carbonyl (C=O) groups excluding carboxylic acids is 1. The number of methoxy groups -OCH3 is 2. The van der Waals surface area contributed by atoms with Gasteiger partial charge in [-0.2, -0.15) is 0 Å². The van der Waals surface area contributed by atoms with E-state index < -0.39 is 11.9 Å². The van der Waals surface area contributed by atoms with Crippen LogP contribution >= 0.6 is 0 Å². The van der Waals surface area contributed by atoms with Crippen LogP contribution in [0.2, 0.25) is 0 Å². The number of primary amides is 1. The highest BCUT2D eigenvalue weighted by atomic mass is 16.5. The van der Waals surface area contributed by atoms with Gasteiger partial charge in [0.2, 0.25) is 5.91 Å². The molecular weight excluding hydrogens is 210 g/mol. The van der Waals surface area contributed by atoms with Gasteiger partial charge in [-0.25, -0.2) is 0 Å². The van der Waals surface area contributed by atoms with Crippen molar-refractivity contribution in [3.63, 3.8) is 0 Å². The molecule has 0 saturated carbocycles. The first-order chi connectivity index (χ1) is 7.61. The van der Waals surface area contributed by atoms with E-state index >= 15 is 0 Å². The highest BCUT2D eigenvalue weighted by molar-refractivity contribution is 5.79. The molecule has 0 aromatic rings. The molecule has 0 fully saturated rings. The molecule has 1 unspecified atom stereocenters.